The molecule has 0 saturated carbocycles. The van der Waals surface area contributed by atoms with Gasteiger partial charge in [0.15, 0.2) is 6.61 Å². The highest BCUT2D eigenvalue weighted by atomic mass is 32.1. The number of hydrogen-bond donors (Lipinski definition) is 1. The highest BCUT2D eigenvalue weighted by Crippen LogP contribution is 2.35. The summed E-state index contributed by atoms with van der Waals surface area (Å²) in [4.78, 5) is 30.5. The van der Waals surface area contributed by atoms with Gasteiger partial charge in [-0.3, -0.25) is 14.5 Å². The van der Waals surface area contributed by atoms with Crippen molar-refractivity contribution in [2.24, 2.45) is 0 Å². The van der Waals surface area contributed by atoms with Gasteiger partial charge in [0.05, 0.1) is 16.9 Å². The standard InChI is InChI=1S/C19H15N3O3S/c23-18(21-14-4-2-1-3-5-14)9-22-16-8-13(15-11-26-12-20-15)6-7-17(16)25-10-19(22)24/h1-8,11-12H,9-10H2,(H,21,23). The monoisotopic (exact) mass is 365 g/mol. The van der Waals surface area contributed by atoms with Gasteiger partial charge in [0.2, 0.25) is 5.91 Å². The van der Waals surface area contributed by atoms with Crippen molar-refractivity contribution in [3.63, 3.8) is 0 Å². The topological polar surface area (TPSA) is 71.5 Å². The number of rotatable bonds is 4. The van der Waals surface area contributed by atoms with E-state index in [-0.39, 0.29) is 25.0 Å². The van der Waals surface area contributed by atoms with Crippen LogP contribution in [0.25, 0.3) is 11.3 Å². The average Bonchev–Trinajstić information content (AvgIpc) is 3.19. The van der Waals surface area contributed by atoms with E-state index in [2.05, 4.69) is 10.3 Å². The highest BCUT2D eigenvalue weighted by Gasteiger charge is 2.28. The van der Waals surface area contributed by atoms with E-state index in [1.165, 1.54) is 16.2 Å². The smallest absolute Gasteiger partial charge is 0.265 e. The minimum absolute atomic E-state index is 0.0788. The fourth-order valence-corrected chi connectivity index (χ4v) is 3.32. The highest BCUT2D eigenvalue weighted by molar-refractivity contribution is 7.07. The van der Waals surface area contributed by atoms with Crippen molar-refractivity contribution in [2.45, 2.75) is 0 Å². The van der Waals surface area contributed by atoms with E-state index in [1.54, 1.807) is 23.7 Å². The Morgan fingerprint density at radius 2 is 2.08 bits per heavy atom. The molecule has 0 aliphatic carbocycles. The Kier molecular flexibility index (Phi) is 4.37. The molecule has 0 unspecified atom stereocenters. The zero-order chi connectivity index (χ0) is 17.9. The van der Waals surface area contributed by atoms with E-state index in [0.29, 0.717) is 17.1 Å². The average molecular weight is 365 g/mol. The number of carbonyl (C=O) groups is 2. The Hall–Kier alpha value is -3.19. The Labute approximate surface area is 154 Å². The lowest BCUT2D eigenvalue weighted by Gasteiger charge is -2.29. The molecule has 2 aromatic carbocycles. The van der Waals surface area contributed by atoms with Crippen LogP contribution >= 0.6 is 11.3 Å². The van der Waals surface area contributed by atoms with Crippen LogP contribution in [0.3, 0.4) is 0 Å². The van der Waals surface area contributed by atoms with Gasteiger partial charge in [-0.1, -0.05) is 18.2 Å². The third kappa shape index (κ3) is 3.29. The normalized spacial score (nSPS) is 13.1. The predicted octanol–water partition coefficient (Wildman–Crippen LogP) is 3.17. The first-order chi connectivity index (χ1) is 12.7. The molecule has 0 bridgehead atoms. The summed E-state index contributed by atoms with van der Waals surface area (Å²) in [6.45, 7) is -0.160. The van der Waals surface area contributed by atoms with Crippen LogP contribution in [0, 0.1) is 0 Å². The Bertz CT molecular complexity index is 942. The van der Waals surface area contributed by atoms with E-state index < -0.39 is 0 Å². The fourth-order valence-electron chi connectivity index (χ4n) is 2.76. The van der Waals surface area contributed by atoms with Crippen molar-refractivity contribution in [3.05, 3.63) is 59.4 Å². The quantitative estimate of drug-likeness (QED) is 0.771. The van der Waals surface area contributed by atoms with Gasteiger partial charge in [0.1, 0.15) is 12.3 Å². The number of benzene rings is 2. The van der Waals surface area contributed by atoms with Gasteiger partial charge in [-0.05, 0) is 30.3 Å². The van der Waals surface area contributed by atoms with E-state index in [1.807, 2.05) is 35.7 Å². The molecule has 4 rings (SSSR count). The minimum atomic E-state index is -0.267. The lowest BCUT2D eigenvalue weighted by Crippen LogP contribution is -2.43. The SMILES string of the molecule is O=C(CN1C(=O)COc2ccc(-c3cscn3)cc21)Nc1ccccc1. The molecule has 0 radical (unpaired) electrons. The van der Waals surface area contributed by atoms with E-state index >= 15 is 0 Å². The maximum absolute atomic E-state index is 12.4. The third-order valence-corrected chi connectivity index (χ3v) is 4.58. The number of anilines is 2. The largest absolute Gasteiger partial charge is 0.482 e. The van der Waals surface area contributed by atoms with Gasteiger partial charge in [-0.2, -0.15) is 0 Å². The van der Waals surface area contributed by atoms with Gasteiger partial charge >= 0.3 is 0 Å². The predicted molar refractivity (Wildman–Crippen MR) is 100 cm³/mol. The molecule has 2 amide bonds. The number of ether oxygens (including phenoxy) is 1. The van der Waals surface area contributed by atoms with Gasteiger partial charge in [0.25, 0.3) is 5.91 Å². The molecule has 1 N–H and O–H groups in total. The first kappa shape index (κ1) is 16.3. The summed E-state index contributed by atoms with van der Waals surface area (Å²) in [5.41, 5.74) is 4.72. The number of nitrogens with zero attached hydrogens (tertiary/aromatic N) is 2. The van der Waals surface area contributed by atoms with Gasteiger partial charge < -0.3 is 10.1 Å². The van der Waals surface area contributed by atoms with Crippen molar-refractivity contribution in [3.8, 4) is 17.0 Å². The van der Waals surface area contributed by atoms with Crippen molar-refractivity contribution in [1.29, 1.82) is 0 Å². The van der Waals surface area contributed by atoms with Crippen LogP contribution in [0.15, 0.2) is 59.4 Å². The molecular weight excluding hydrogens is 350 g/mol. The molecule has 26 heavy (non-hydrogen) atoms. The van der Waals surface area contributed by atoms with Gasteiger partial charge in [0, 0.05) is 16.6 Å². The maximum atomic E-state index is 12.4. The van der Waals surface area contributed by atoms with Crippen LogP contribution in [0.5, 0.6) is 5.75 Å². The molecule has 130 valence electrons. The van der Waals surface area contributed by atoms with Crippen LogP contribution in [0.4, 0.5) is 11.4 Å². The van der Waals surface area contributed by atoms with Crippen LogP contribution in [0.2, 0.25) is 0 Å². The van der Waals surface area contributed by atoms with E-state index in [4.69, 9.17) is 4.74 Å². The Morgan fingerprint density at radius 3 is 2.85 bits per heavy atom. The molecule has 1 aliphatic heterocycles. The number of thiazole rings is 1. The van der Waals surface area contributed by atoms with Gasteiger partial charge in [-0.25, -0.2) is 4.98 Å². The number of carbonyl (C=O) groups excluding carboxylic acids is 2. The molecule has 0 spiro atoms. The number of amides is 2. The third-order valence-electron chi connectivity index (χ3n) is 3.99. The number of para-hydroxylation sites is 1. The summed E-state index contributed by atoms with van der Waals surface area (Å²) in [5, 5.41) is 4.73. The van der Waals surface area contributed by atoms with Crippen molar-refractivity contribution in [1.82, 2.24) is 4.98 Å². The van der Waals surface area contributed by atoms with Gasteiger partial charge in [-0.15, -0.1) is 11.3 Å². The summed E-state index contributed by atoms with van der Waals surface area (Å²) in [7, 11) is 0. The molecule has 1 aromatic heterocycles. The maximum Gasteiger partial charge on any atom is 0.265 e. The van der Waals surface area contributed by atoms with Crippen molar-refractivity contribution < 1.29 is 14.3 Å². The molecule has 2 heterocycles. The second-order valence-electron chi connectivity index (χ2n) is 5.74. The van der Waals surface area contributed by atoms with Crippen LogP contribution in [-0.2, 0) is 9.59 Å². The second kappa shape index (κ2) is 6.97. The fraction of sp³-hybridized carbons (Fsp3) is 0.105. The molecule has 0 saturated heterocycles. The Morgan fingerprint density at radius 1 is 1.23 bits per heavy atom. The summed E-state index contributed by atoms with van der Waals surface area (Å²) in [5.74, 6) is 0.0590. The first-order valence-corrected chi connectivity index (χ1v) is 8.96. The number of nitrogens with one attached hydrogen (secondary N) is 1. The number of fused-ring (bicyclic) bond motifs is 1. The summed E-state index contributed by atoms with van der Waals surface area (Å²) >= 11 is 1.50. The van der Waals surface area contributed by atoms with Crippen LogP contribution in [-0.4, -0.2) is 29.9 Å². The lowest BCUT2D eigenvalue weighted by molar-refractivity contribution is -0.123. The second-order valence-corrected chi connectivity index (χ2v) is 6.46. The van der Waals surface area contributed by atoms with Crippen molar-refractivity contribution in [2.75, 3.05) is 23.4 Å². The zero-order valence-electron chi connectivity index (χ0n) is 13.7. The molecule has 7 heteroatoms. The summed E-state index contributed by atoms with van der Waals surface area (Å²) in [6.07, 6.45) is 0. The Balaban J connectivity index is 1.59. The minimum Gasteiger partial charge on any atom is -0.482 e. The molecular formula is C19H15N3O3S. The van der Waals surface area contributed by atoms with E-state index in [0.717, 1.165) is 11.3 Å². The molecule has 0 fully saturated rings. The number of aromatic nitrogens is 1. The van der Waals surface area contributed by atoms with Crippen molar-refractivity contribution >= 4 is 34.5 Å². The first-order valence-electron chi connectivity index (χ1n) is 8.01. The molecule has 3 aromatic rings. The molecule has 0 atom stereocenters. The summed E-state index contributed by atoms with van der Waals surface area (Å²) < 4.78 is 5.50. The van der Waals surface area contributed by atoms with Crippen LogP contribution < -0.4 is 15.0 Å². The number of hydrogen-bond acceptors (Lipinski definition) is 5. The molecule has 1 aliphatic rings. The van der Waals surface area contributed by atoms with Crippen LogP contribution in [0.1, 0.15) is 0 Å². The lowest BCUT2D eigenvalue weighted by atomic mass is 10.1. The zero-order valence-corrected chi connectivity index (χ0v) is 14.5. The van der Waals surface area contributed by atoms with E-state index in [9.17, 15) is 9.59 Å². The molecule has 6 nitrogen and oxygen atoms in total. The summed E-state index contributed by atoms with van der Waals surface area (Å²) in [6, 6.07) is 14.7.